The van der Waals surface area contributed by atoms with Crippen molar-refractivity contribution in [2.24, 2.45) is 0 Å². The SMILES string of the molecule is CCOC(=O)N1CCc2cc(OC)c(Oc3c4c(cc(O)c3OC)[C@@H](Cc3ccc(OCc5ccccc5)cc3)N(C(=O)OCC)CC4)cc2[C@H]1Cc1ccc(OCc2ccccc2)cc1. The number of ether oxygens (including phenoxy) is 7. The summed E-state index contributed by atoms with van der Waals surface area (Å²) in [7, 11) is 3.07. The number of aromatic hydroxyl groups is 1. The molecule has 6 aromatic carbocycles. The highest BCUT2D eigenvalue weighted by molar-refractivity contribution is 5.72. The Kier molecular flexibility index (Phi) is 14.5. The number of hydrogen-bond donors (Lipinski definition) is 1. The van der Waals surface area contributed by atoms with Gasteiger partial charge < -0.3 is 48.1 Å². The second kappa shape index (κ2) is 21.1. The lowest BCUT2D eigenvalue weighted by Gasteiger charge is -2.38. The van der Waals surface area contributed by atoms with Gasteiger partial charge in [0.25, 0.3) is 0 Å². The maximum absolute atomic E-state index is 13.6. The Hall–Kier alpha value is -7.34. The van der Waals surface area contributed by atoms with Crippen molar-refractivity contribution in [3.8, 4) is 40.2 Å². The molecule has 0 saturated heterocycles. The van der Waals surface area contributed by atoms with Gasteiger partial charge in [0.05, 0.1) is 39.5 Å². The zero-order valence-electron chi connectivity index (χ0n) is 37.9. The summed E-state index contributed by atoms with van der Waals surface area (Å²) < 4.78 is 42.0. The summed E-state index contributed by atoms with van der Waals surface area (Å²) in [5.74, 6) is 2.63. The summed E-state index contributed by atoms with van der Waals surface area (Å²) in [4.78, 5) is 30.6. The Bertz CT molecular complexity index is 2590. The predicted molar refractivity (Wildman–Crippen MR) is 250 cm³/mol. The van der Waals surface area contributed by atoms with Gasteiger partial charge in [0.2, 0.25) is 5.75 Å². The summed E-state index contributed by atoms with van der Waals surface area (Å²) in [6.45, 7) is 5.71. The van der Waals surface area contributed by atoms with Crippen LogP contribution in [0.15, 0.2) is 127 Å². The van der Waals surface area contributed by atoms with Gasteiger partial charge in [0.1, 0.15) is 24.7 Å². The number of carbonyl (C=O) groups excluding carboxylic acids is 2. The molecular weight excluding hydrogens is 837 g/mol. The topological polar surface area (TPSA) is 125 Å². The van der Waals surface area contributed by atoms with Gasteiger partial charge in [-0.1, -0.05) is 84.9 Å². The minimum Gasteiger partial charge on any atom is -0.504 e. The summed E-state index contributed by atoms with van der Waals surface area (Å²) in [6.07, 6.45) is 1.03. The molecule has 6 aromatic rings. The van der Waals surface area contributed by atoms with E-state index < -0.39 is 24.3 Å². The molecule has 0 unspecified atom stereocenters. The molecule has 0 aromatic heterocycles. The molecule has 12 heteroatoms. The first-order valence-electron chi connectivity index (χ1n) is 22.5. The lowest BCUT2D eigenvalue weighted by Crippen LogP contribution is -2.41. The third-order valence-electron chi connectivity index (χ3n) is 12.1. The normalized spacial score (nSPS) is 15.2. The predicted octanol–water partition coefficient (Wildman–Crippen LogP) is 11.0. The van der Waals surface area contributed by atoms with Crippen LogP contribution in [0.3, 0.4) is 0 Å². The van der Waals surface area contributed by atoms with Crippen molar-refractivity contribution < 1.29 is 47.9 Å². The average molecular weight is 893 g/mol. The molecule has 0 spiro atoms. The van der Waals surface area contributed by atoms with Crippen LogP contribution < -0.4 is 23.7 Å². The molecule has 2 heterocycles. The Balaban J connectivity index is 1.11. The molecule has 12 nitrogen and oxygen atoms in total. The summed E-state index contributed by atoms with van der Waals surface area (Å²) in [6, 6.07) is 40.3. The fourth-order valence-corrected chi connectivity index (χ4v) is 8.82. The van der Waals surface area contributed by atoms with Crippen LogP contribution in [-0.2, 0) is 48.4 Å². The Labute approximate surface area is 386 Å². The monoisotopic (exact) mass is 892 g/mol. The number of amides is 2. The molecular formula is C54H56N2O10. The highest BCUT2D eigenvalue weighted by Gasteiger charge is 2.38. The molecule has 2 aliphatic rings. The van der Waals surface area contributed by atoms with E-state index in [0.29, 0.717) is 74.8 Å². The van der Waals surface area contributed by atoms with E-state index in [1.807, 2.05) is 121 Å². The maximum Gasteiger partial charge on any atom is 0.410 e. The first-order valence-corrected chi connectivity index (χ1v) is 22.5. The van der Waals surface area contributed by atoms with E-state index in [2.05, 4.69) is 0 Å². The highest BCUT2D eigenvalue weighted by atomic mass is 16.6. The van der Waals surface area contributed by atoms with Gasteiger partial charge in [0, 0.05) is 18.7 Å². The zero-order valence-corrected chi connectivity index (χ0v) is 37.9. The zero-order chi connectivity index (χ0) is 46.0. The molecule has 2 atom stereocenters. The van der Waals surface area contributed by atoms with E-state index in [1.165, 1.54) is 7.11 Å². The number of phenolic OH excluding ortho intramolecular Hbond substituents is 1. The lowest BCUT2D eigenvalue weighted by molar-refractivity contribution is 0.0856. The number of nitrogens with zero attached hydrogens (tertiary/aromatic N) is 2. The van der Waals surface area contributed by atoms with Crippen molar-refractivity contribution in [2.45, 2.75) is 64.8 Å². The number of fused-ring (bicyclic) bond motifs is 2. The van der Waals surface area contributed by atoms with Crippen LogP contribution in [0.2, 0.25) is 0 Å². The molecule has 0 bridgehead atoms. The fourth-order valence-electron chi connectivity index (χ4n) is 8.82. The molecule has 8 rings (SSSR count). The van der Waals surface area contributed by atoms with E-state index in [0.717, 1.165) is 50.4 Å². The minimum atomic E-state index is -0.522. The molecule has 1 N–H and O–H groups in total. The number of methoxy groups -OCH3 is 2. The van der Waals surface area contributed by atoms with Gasteiger partial charge in [-0.05, 0) is 121 Å². The summed E-state index contributed by atoms with van der Waals surface area (Å²) in [5.41, 5.74) is 7.47. The third kappa shape index (κ3) is 10.3. The van der Waals surface area contributed by atoms with E-state index in [1.54, 1.807) is 36.8 Å². The van der Waals surface area contributed by atoms with Crippen LogP contribution >= 0.6 is 0 Å². The maximum atomic E-state index is 13.6. The number of carbonyl (C=O) groups is 2. The van der Waals surface area contributed by atoms with E-state index >= 15 is 0 Å². The van der Waals surface area contributed by atoms with E-state index in [9.17, 15) is 14.7 Å². The molecule has 0 aliphatic carbocycles. The van der Waals surface area contributed by atoms with E-state index in [-0.39, 0.29) is 24.7 Å². The molecule has 2 aliphatic heterocycles. The number of rotatable bonds is 16. The molecule has 0 fully saturated rings. The molecule has 0 radical (unpaired) electrons. The van der Waals surface area contributed by atoms with Crippen LogP contribution in [0, 0.1) is 0 Å². The first kappa shape index (κ1) is 45.2. The fraction of sp³-hybridized carbons (Fsp3) is 0.296. The molecule has 2 amide bonds. The summed E-state index contributed by atoms with van der Waals surface area (Å²) in [5, 5.41) is 11.7. The summed E-state index contributed by atoms with van der Waals surface area (Å²) >= 11 is 0. The van der Waals surface area contributed by atoms with Crippen LogP contribution in [0.1, 0.15) is 70.4 Å². The average Bonchev–Trinajstić information content (AvgIpc) is 3.34. The second-order valence-corrected chi connectivity index (χ2v) is 16.2. The third-order valence-corrected chi connectivity index (χ3v) is 12.1. The number of benzene rings is 6. The van der Waals surface area contributed by atoms with E-state index in [4.69, 9.17) is 33.2 Å². The smallest absolute Gasteiger partial charge is 0.410 e. The van der Waals surface area contributed by atoms with Crippen molar-refractivity contribution in [1.82, 2.24) is 9.80 Å². The molecule has 0 saturated carbocycles. The van der Waals surface area contributed by atoms with Gasteiger partial charge >= 0.3 is 12.2 Å². The van der Waals surface area contributed by atoms with Crippen LogP contribution in [0.25, 0.3) is 0 Å². The van der Waals surface area contributed by atoms with Crippen molar-refractivity contribution in [1.29, 1.82) is 0 Å². The standard InChI is InChI=1S/C54H56N2O10/c1-5-62-53(58)55-27-25-40-31-49(60-3)50(33-44(40)46(55)29-36-17-21-41(22-18-36)64-34-38-13-9-7-10-14-38)66-51-43-26-28-56(54(59)63-6-2)47(45(43)32-48(57)52(51)61-4)30-37-19-23-42(24-20-37)65-35-39-15-11-8-12-16-39/h7-24,31-33,46-47,57H,5-6,25-30,34-35H2,1-4H3/t46-,47-/m1/s1. The molecule has 66 heavy (non-hydrogen) atoms. The van der Waals surface area contributed by atoms with Crippen molar-refractivity contribution in [2.75, 3.05) is 40.5 Å². The van der Waals surface area contributed by atoms with Crippen LogP contribution in [-0.4, -0.2) is 67.6 Å². The van der Waals surface area contributed by atoms with Crippen molar-refractivity contribution >= 4 is 12.2 Å². The Morgan fingerprint density at radius 1 is 0.576 bits per heavy atom. The quantitative estimate of drug-likeness (QED) is 0.100. The highest BCUT2D eigenvalue weighted by Crippen LogP contribution is 2.51. The van der Waals surface area contributed by atoms with Crippen LogP contribution in [0.4, 0.5) is 9.59 Å². The minimum absolute atomic E-state index is 0.147. The van der Waals surface area contributed by atoms with Gasteiger partial charge in [-0.2, -0.15) is 0 Å². The van der Waals surface area contributed by atoms with Gasteiger partial charge in [-0.3, -0.25) is 0 Å². The number of hydrogen-bond acceptors (Lipinski definition) is 10. The Morgan fingerprint density at radius 2 is 1.09 bits per heavy atom. The van der Waals surface area contributed by atoms with Gasteiger partial charge in [0.15, 0.2) is 23.0 Å². The molecule has 342 valence electrons. The van der Waals surface area contributed by atoms with Crippen molar-refractivity contribution in [3.63, 3.8) is 0 Å². The number of phenols is 1. The first-order chi connectivity index (χ1) is 32.3. The van der Waals surface area contributed by atoms with Crippen molar-refractivity contribution in [3.05, 3.63) is 172 Å². The Morgan fingerprint density at radius 3 is 1.59 bits per heavy atom. The lowest BCUT2D eigenvalue weighted by atomic mass is 9.87. The van der Waals surface area contributed by atoms with Crippen LogP contribution in [0.5, 0.6) is 40.2 Å². The van der Waals surface area contributed by atoms with Gasteiger partial charge in [-0.25, -0.2) is 9.59 Å². The largest absolute Gasteiger partial charge is 0.504 e. The van der Waals surface area contributed by atoms with Gasteiger partial charge in [-0.15, -0.1) is 0 Å². The second-order valence-electron chi connectivity index (χ2n) is 16.2.